The molecule has 2 nitrogen and oxygen atoms in total. The average Bonchev–Trinajstić information content (AvgIpc) is 2.61. The molecule has 0 aliphatic rings. The van der Waals surface area contributed by atoms with E-state index in [4.69, 9.17) is 0 Å². The molecule has 0 unspecified atom stereocenters. The number of hydrogen-bond donors (Lipinski definition) is 0. The van der Waals surface area contributed by atoms with Gasteiger partial charge in [0.1, 0.15) is 17.0 Å². The average molecular weight is 227 g/mol. The van der Waals surface area contributed by atoms with Gasteiger partial charge in [0.05, 0.1) is 0 Å². The smallest absolute Gasteiger partial charge is 0.360 e. The molecule has 0 amide bonds. The van der Waals surface area contributed by atoms with Crippen molar-refractivity contribution in [3.63, 3.8) is 0 Å². The van der Waals surface area contributed by atoms with Gasteiger partial charge in [-0.1, -0.05) is 35.5 Å². The zero-order chi connectivity index (χ0) is 11.8. The second-order valence-electron chi connectivity index (χ2n) is 3.33. The molecule has 0 aliphatic heterocycles. The SMILES string of the molecule is Cc1onc(-c2ccccc2)c1C(F)(F)F. The molecule has 2 aromatic rings. The lowest BCUT2D eigenvalue weighted by Crippen LogP contribution is -2.07. The van der Waals surface area contributed by atoms with Crippen molar-refractivity contribution < 1.29 is 17.7 Å². The highest BCUT2D eigenvalue weighted by Gasteiger charge is 2.39. The van der Waals surface area contributed by atoms with Gasteiger partial charge in [-0.25, -0.2) is 0 Å². The van der Waals surface area contributed by atoms with Crippen LogP contribution in [0.25, 0.3) is 11.3 Å². The van der Waals surface area contributed by atoms with Crippen LogP contribution in [0.5, 0.6) is 0 Å². The lowest BCUT2D eigenvalue weighted by molar-refractivity contribution is -0.138. The van der Waals surface area contributed by atoms with Gasteiger partial charge >= 0.3 is 6.18 Å². The van der Waals surface area contributed by atoms with Crippen LogP contribution in [0.3, 0.4) is 0 Å². The highest BCUT2D eigenvalue weighted by molar-refractivity contribution is 5.63. The second-order valence-corrected chi connectivity index (χ2v) is 3.33. The van der Waals surface area contributed by atoms with Crippen molar-refractivity contribution in [2.75, 3.05) is 0 Å². The fourth-order valence-corrected chi connectivity index (χ4v) is 1.50. The van der Waals surface area contributed by atoms with E-state index in [1.807, 2.05) is 0 Å². The van der Waals surface area contributed by atoms with Crippen LogP contribution in [0.2, 0.25) is 0 Å². The number of rotatable bonds is 1. The predicted molar refractivity (Wildman–Crippen MR) is 51.7 cm³/mol. The maximum absolute atomic E-state index is 12.7. The summed E-state index contributed by atoms with van der Waals surface area (Å²) in [5.41, 5.74) is -0.573. The first-order chi connectivity index (χ1) is 7.50. The normalized spacial score (nSPS) is 11.8. The van der Waals surface area contributed by atoms with Crippen LogP contribution >= 0.6 is 0 Å². The Balaban J connectivity index is 2.60. The van der Waals surface area contributed by atoms with Crippen LogP contribution in [0.1, 0.15) is 11.3 Å². The first-order valence-corrected chi connectivity index (χ1v) is 4.59. The summed E-state index contributed by atoms with van der Waals surface area (Å²) >= 11 is 0. The van der Waals surface area contributed by atoms with Crippen LogP contribution in [0.15, 0.2) is 34.9 Å². The van der Waals surface area contributed by atoms with Gasteiger partial charge in [0.25, 0.3) is 0 Å². The molecule has 2 rings (SSSR count). The zero-order valence-electron chi connectivity index (χ0n) is 8.38. The predicted octanol–water partition coefficient (Wildman–Crippen LogP) is 3.67. The molecule has 1 aromatic heterocycles. The first kappa shape index (κ1) is 10.7. The number of nitrogens with zero attached hydrogens (tertiary/aromatic N) is 1. The minimum absolute atomic E-state index is 0.161. The van der Waals surface area contributed by atoms with Crippen LogP contribution in [0, 0.1) is 6.92 Å². The Kier molecular flexibility index (Phi) is 2.46. The summed E-state index contributed by atoms with van der Waals surface area (Å²) in [6.45, 7) is 1.25. The number of halogens is 3. The molecular formula is C11H8F3NO. The van der Waals surface area contributed by atoms with E-state index in [1.165, 1.54) is 6.92 Å². The Morgan fingerprint density at radius 3 is 2.31 bits per heavy atom. The molecule has 0 fully saturated rings. The quantitative estimate of drug-likeness (QED) is 0.742. The van der Waals surface area contributed by atoms with E-state index >= 15 is 0 Å². The molecule has 0 N–H and O–H groups in total. The Bertz CT molecular complexity index is 488. The topological polar surface area (TPSA) is 26.0 Å². The highest BCUT2D eigenvalue weighted by Crippen LogP contribution is 2.38. The number of alkyl halides is 3. The monoisotopic (exact) mass is 227 g/mol. The molecule has 0 bridgehead atoms. The molecule has 1 aromatic carbocycles. The minimum atomic E-state index is -4.45. The molecule has 0 spiro atoms. The van der Waals surface area contributed by atoms with Crippen molar-refractivity contribution in [3.05, 3.63) is 41.7 Å². The summed E-state index contributed by atoms with van der Waals surface area (Å²) in [6.07, 6.45) is -4.45. The summed E-state index contributed by atoms with van der Waals surface area (Å²) in [5.74, 6) is -0.216. The summed E-state index contributed by atoms with van der Waals surface area (Å²) in [4.78, 5) is 0. The van der Waals surface area contributed by atoms with Gasteiger partial charge in [0.15, 0.2) is 0 Å². The van der Waals surface area contributed by atoms with Gasteiger partial charge < -0.3 is 4.52 Å². The Morgan fingerprint density at radius 1 is 1.12 bits per heavy atom. The molecule has 0 saturated carbocycles. The molecule has 16 heavy (non-hydrogen) atoms. The van der Waals surface area contributed by atoms with E-state index in [2.05, 4.69) is 9.68 Å². The van der Waals surface area contributed by atoms with Gasteiger partial charge in [-0.05, 0) is 6.92 Å². The highest BCUT2D eigenvalue weighted by atomic mass is 19.4. The van der Waals surface area contributed by atoms with Crippen LogP contribution < -0.4 is 0 Å². The van der Waals surface area contributed by atoms with E-state index in [1.54, 1.807) is 30.3 Å². The summed E-state index contributed by atoms with van der Waals surface area (Å²) < 4.78 is 42.8. The first-order valence-electron chi connectivity index (χ1n) is 4.59. The minimum Gasteiger partial charge on any atom is -0.360 e. The number of hydrogen-bond acceptors (Lipinski definition) is 2. The van der Waals surface area contributed by atoms with Crippen LogP contribution in [0.4, 0.5) is 13.2 Å². The molecule has 0 atom stereocenters. The van der Waals surface area contributed by atoms with Crippen molar-refractivity contribution in [1.29, 1.82) is 0 Å². The molecular weight excluding hydrogens is 219 g/mol. The largest absolute Gasteiger partial charge is 0.421 e. The van der Waals surface area contributed by atoms with Crippen molar-refractivity contribution in [1.82, 2.24) is 5.16 Å². The summed E-state index contributed by atoms with van der Waals surface area (Å²) in [6, 6.07) is 8.15. The Morgan fingerprint density at radius 2 is 1.75 bits per heavy atom. The summed E-state index contributed by atoms with van der Waals surface area (Å²) in [5, 5.41) is 3.46. The van der Waals surface area contributed by atoms with Gasteiger partial charge in [-0.2, -0.15) is 13.2 Å². The fraction of sp³-hybridized carbons (Fsp3) is 0.182. The van der Waals surface area contributed by atoms with Crippen molar-refractivity contribution in [2.45, 2.75) is 13.1 Å². The third kappa shape index (κ3) is 1.80. The maximum Gasteiger partial charge on any atom is 0.421 e. The van der Waals surface area contributed by atoms with Crippen molar-refractivity contribution in [3.8, 4) is 11.3 Å². The number of benzene rings is 1. The third-order valence-corrected chi connectivity index (χ3v) is 2.19. The number of aryl methyl sites for hydroxylation is 1. The van der Waals surface area contributed by atoms with Crippen LogP contribution in [-0.2, 0) is 6.18 Å². The molecule has 0 aliphatic carbocycles. The molecule has 0 saturated heterocycles. The van der Waals surface area contributed by atoms with E-state index in [-0.39, 0.29) is 11.5 Å². The molecule has 0 radical (unpaired) electrons. The van der Waals surface area contributed by atoms with Gasteiger partial charge in [0, 0.05) is 5.56 Å². The van der Waals surface area contributed by atoms with E-state index in [0.29, 0.717) is 5.56 Å². The van der Waals surface area contributed by atoms with E-state index < -0.39 is 11.7 Å². The van der Waals surface area contributed by atoms with E-state index in [9.17, 15) is 13.2 Å². The standard InChI is InChI=1S/C11H8F3NO/c1-7-9(11(12,13)14)10(15-16-7)8-5-3-2-4-6-8/h2-6H,1H3. The summed E-state index contributed by atoms with van der Waals surface area (Å²) in [7, 11) is 0. The van der Waals surface area contributed by atoms with Gasteiger partial charge in [-0.15, -0.1) is 0 Å². The van der Waals surface area contributed by atoms with Gasteiger partial charge in [0.2, 0.25) is 0 Å². The third-order valence-electron chi connectivity index (χ3n) is 2.19. The van der Waals surface area contributed by atoms with E-state index in [0.717, 1.165) is 0 Å². The lowest BCUT2D eigenvalue weighted by atomic mass is 10.1. The van der Waals surface area contributed by atoms with Crippen molar-refractivity contribution in [2.24, 2.45) is 0 Å². The van der Waals surface area contributed by atoms with Gasteiger partial charge in [-0.3, -0.25) is 0 Å². The fourth-order valence-electron chi connectivity index (χ4n) is 1.50. The Labute approximate surface area is 89.7 Å². The zero-order valence-corrected chi connectivity index (χ0v) is 8.38. The Hall–Kier alpha value is -1.78. The lowest BCUT2D eigenvalue weighted by Gasteiger charge is -2.06. The van der Waals surface area contributed by atoms with Crippen LogP contribution in [-0.4, -0.2) is 5.16 Å². The molecule has 84 valence electrons. The van der Waals surface area contributed by atoms with Crippen molar-refractivity contribution >= 4 is 0 Å². The maximum atomic E-state index is 12.7. The molecule has 5 heteroatoms. The molecule has 1 heterocycles. The number of aromatic nitrogens is 1. The second kappa shape index (κ2) is 3.66.